The molecular formula is C34H50N4O13S. The number of carboxylic acid groups (broad SMARTS) is 2. The van der Waals surface area contributed by atoms with E-state index in [4.69, 9.17) is 33.9 Å². The van der Waals surface area contributed by atoms with Crippen molar-refractivity contribution in [1.29, 1.82) is 0 Å². The van der Waals surface area contributed by atoms with Crippen LogP contribution in [0.3, 0.4) is 0 Å². The van der Waals surface area contributed by atoms with Crippen LogP contribution >= 0.6 is 0 Å². The molecule has 2 amide bonds. The molecule has 17 nitrogen and oxygen atoms in total. The van der Waals surface area contributed by atoms with Crippen LogP contribution in [-0.2, 0) is 43.4 Å². The van der Waals surface area contributed by atoms with E-state index < -0.39 is 40.1 Å². The molecule has 1 aromatic heterocycles. The van der Waals surface area contributed by atoms with Gasteiger partial charge in [-0.05, 0) is 68.5 Å². The number of amides is 2. The molecule has 0 spiro atoms. The quantitative estimate of drug-likeness (QED) is 0.0824. The van der Waals surface area contributed by atoms with Gasteiger partial charge in [-0.2, -0.15) is 0 Å². The van der Waals surface area contributed by atoms with Crippen molar-refractivity contribution >= 4 is 39.6 Å². The highest BCUT2D eigenvalue weighted by molar-refractivity contribution is 7.92. The molecule has 0 aliphatic rings. The first-order chi connectivity index (χ1) is 24.5. The number of hydrogen-bond acceptors (Lipinski definition) is 12. The molecule has 18 heteroatoms. The number of anilines is 1. The number of sulfonamides is 1. The minimum Gasteiger partial charge on any atom is -0.488 e. The molecule has 5 N–H and O–H groups in total. The van der Waals surface area contributed by atoms with Crippen molar-refractivity contribution in [2.75, 3.05) is 70.7 Å². The molecule has 0 saturated carbocycles. The van der Waals surface area contributed by atoms with Crippen molar-refractivity contribution in [2.45, 2.75) is 57.5 Å². The number of benzene rings is 1. The molecule has 52 heavy (non-hydrogen) atoms. The maximum atomic E-state index is 13.0. The number of nitrogens with zero attached hydrogens (tertiary/aromatic N) is 1. The van der Waals surface area contributed by atoms with Crippen molar-refractivity contribution in [3.05, 3.63) is 48.2 Å². The van der Waals surface area contributed by atoms with Crippen LogP contribution in [0, 0.1) is 5.41 Å². The van der Waals surface area contributed by atoms with Crippen molar-refractivity contribution in [3.63, 3.8) is 0 Å². The van der Waals surface area contributed by atoms with E-state index in [1.165, 1.54) is 30.5 Å². The minimum absolute atomic E-state index is 0.0159. The Kier molecular flexibility index (Phi) is 18.4. The fourth-order valence-corrected chi connectivity index (χ4v) is 5.94. The summed E-state index contributed by atoms with van der Waals surface area (Å²) in [5.41, 5.74) is -0.701. The van der Waals surface area contributed by atoms with E-state index in [0.29, 0.717) is 18.6 Å². The van der Waals surface area contributed by atoms with Gasteiger partial charge in [0, 0.05) is 25.7 Å². The van der Waals surface area contributed by atoms with E-state index in [9.17, 15) is 27.6 Å². The zero-order valence-corrected chi connectivity index (χ0v) is 30.8. The Bertz CT molecular complexity index is 1530. The van der Waals surface area contributed by atoms with Crippen LogP contribution in [0.1, 0.15) is 57.3 Å². The molecule has 0 saturated heterocycles. The maximum absolute atomic E-state index is 13.0. The van der Waals surface area contributed by atoms with Gasteiger partial charge in [-0.25, -0.2) is 18.2 Å². The van der Waals surface area contributed by atoms with Crippen molar-refractivity contribution in [3.8, 4) is 5.75 Å². The normalized spacial score (nSPS) is 11.8. The number of ether oxygens (including phenoxy) is 5. The third kappa shape index (κ3) is 18.8. The van der Waals surface area contributed by atoms with Crippen molar-refractivity contribution in [1.82, 2.24) is 15.6 Å². The predicted octanol–water partition coefficient (Wildman–Crippen LogP) is 2.32. The number of carboxylic acids is 2. The van der Waals surface area contributed by atoms with E-state index in [0.717, 1.165) is 0 Å². The van der Waals surface area contributed by atoms with Gasteiger partial charge in [-0.3, -0.25) is 19.1 Å². The average Bonchev–Trinajstić information content (AvgIpc) is 3.05. The van der Waals surface area contributed by atoms with Gasteiger partial charge >= 0.3 is 11.9 Å². The molecule has 0 atom stereocenters. The van der Waals surface area contributed by atoms with E-state index in [2.05, 4.69) is 20.3 Å². The molecule has 290 valence electrons. The Balaban J connectivity index is 1.65. The van der Waals surface area contributed by atoms with Gasteiger partial charge in [0.2, 0.25) is 5.91 Å². The Morgan fingerprint density at radius 3 is 1.92 bits per heavy atom. The van der Waals surface area contributed by atoms with E-state index in [1.54, 1.807) is 12.1 Å². The highest BCUT2D eigenvalue weighted by Gasteiger charge is 2.31. The number of rotatable bonds is 27. The highest BCUT2D eigenvalue weighted by Crippen LogP contribution is 2.35. The number of nitrogens with one attached hydrogen (secondary N) is 3. The lowest BCUT2D eigenvalue weighted by Gasteiger charge is -2.35. The number of carbonyl (C=O) groups excluding carboxylic acids is 2. The van der Waals surface area contributed by atoms with Gasteiger partial charge in [0.25, 0.3) is 15.9 Å². The Hall–Kier alpha value is -4.36. The van der Waals surface area contributed by atoms with Crippen molar-refractivity contribution in [2.24, 2.45) is 5.41 Å². The van der Waals surface area contributed by atoms with E-state index in [-0.39, 0.29) is 93.4 Å². The number of hydrogen-bond donors (Lipinski definition) is 5. The van der Waals surface area contributed by atoms with Crippen LogP contribution in [-0.4, -0.2) is 119 Å². The van der Waals surface area contributed by atoms with Crippen molar-refractivity contribution < 1.29 is 61.5 Å². The molecule has 2 aromatic rings. The third-order valence-electron chi connectivity index (χ3n) is 7.02. The van der Waals surface area contributed by atoms with Crippen LogP contribution < -0.4 is 20.1 Å². The lowest BCUT2D eigenvalue weighted by atomic mass is 9.78. The molecule has 0 radical (unpaired) electrons. The Morgan fingerprint density at radius 2 is 1.35 bits per heavy atom. The molecule has 0 aliphatic heterocycles. The number of aliphatic carboxylic acids is 2. The van der Waals surface area contributed by atoms with E-state index in [1.807, 2.05) is 27.7 Å². The lowest BCUT2D eigenvalue weighted by molar-refractivity contribution is -0.143. The van der Waals surface area contributed by atoms with Crippen LogP contribution in [0.2, 0.25) is 0 Å². The second-order valence-corrected chi connectivity index (χ2v) is 14.6. The zero-order valence-electron chi connectivity index (χ0n) is 30.0. The minimum atomic E-state index is -3.99. The molecule has 0 unspecified atom stereocenters. The van der Waals surface area contributed by atoms with Crippen LogP contribution in [0.15, 0.2) is 47.5 Å². The summed E-state index contributed by atoms with van der Waals surface area (Å²) in [4.78, 5) is 49.5. The van der Waals surface area contributed by atoms with Crippen LogP contribution in [0.5, 0.6) is 5.75 Å². The fourth-order valence-electron chi connectivity index (χ4n) is 4.93. The molecule has 2 rings (SSSR count). The first-order valence-electron chi connectivity index (χ1n) is 16.6. The van der Waals surface area contributed by atoms with Crippen LogP contribution in [0.25, 0.3) is 0 Å². The monoisotopic (exact) mass is 754 g/mol. The van der Waals surface area contributed by atoms with Gasteiger partial charge in [-0.1, -0.05) is 13.8 Å². The summed E-state index contributed by atoms with van der Waals surface area (Å²) in [5.74, 6) is -2.19. The summed E-state index contributed by atoms with van der Waals surface area (Å²) in [6, 6.07) is 8.71. The summed E-state index contributed by atoms with van der Waals surface area (Å²) >= 11 is 0. The van der Waals surface area contributed by atoms with Gasteiger partial charge < -0.3 is 44.5 Å². The molecule has 1 aromatic carbocycles. The topological polar surface area (TPSA) is 238 Å². The molecule has 0 aliphatic carbocycles. The summed E-state index contributed by atoms with van der Waals surface area (Å²) in [5, 5.41) is 22.7. The van der Waals surface area contributed by atoms with Gasteiger partial charge in [0.1, 0.15) is 30.4 Å². The molecular weight excluding hydrogens is 704 g/mol. The lowest BCUT2D eigenvalue weighted by Crippen LogP contribution is -2.34. The average molecular weight is 755 g/mol. The number of carbonyl (C=O) groups is 4. The maximum Gasteiger partial charge on any atom is 0.329 e. The molecule has 1 heterocycles. The standard InChI is InChI=1S/C34H50N4O13S/c1-33(2,12-11-30(40)41)24-34(3,4)51-26-6-8-27(9-7-26)52(45,46)38-28-10-5-25(21-37-28)32(44)36-14-16-48-17-19-49-22-29(39)35-13-15-47-18-20-50-23-31(42)43/h5-10,21H,11-20,22-24H2,1-4H3,(H,35,39)(H,36,44)(H,37,38)(H,40,41)(H,42,43). The number of aromatic nitrogens is 1. The first kappa shape index (κ1) is 43.8. The number of pyridine rings is 1. The van der Waals surface area contributed by atoms with Crippen LogP contribution in [0.4, 0.5) is 5.82 Å². The Morgan fingerprint density at radius 1 is 0.750 bits per heavy atom. The summed E-state index contributed by atoms with van der Waals surface area (Å²) in [7, 11) is -3.99. The third-order valence-corrected chi connectivity index (χ3v) is 8.39. The summed E-state index contributed by atoms with van der Waals surface area (Å²) in [6.07, 6.45) is 2.38. The Labute approximate surface area is 303 Å². The summed E-state index contributed by atoms with van der Waals surface area (Å²) < 4.78 is 55.0. The molecule has 0 bridgehead atoms. The fraction of sp³-hybridized carbons (Fsp3) is 0.559. The largest absolute Gasteiger partial charge is 0.488 e. The first-order valence-corrected chi connectivity index (χ1v) is 18.0. The smallest absolute Gasteiger partial charge is 0.329 e. The highest BCUT2D eigenvalue weighted by atomic mass is 32.2. The molecule has 0 fully saturated rings. The summed E-state index contributed by atoms with van der Waals surface area (Å²) in [6.45, 7) is 8.77. The SMILES string of the molecule is CC(C)(CCC(=O)O)CC(C)(C)Oc1ccc(S(=O)(=O)Nc2ccc(C(=O)NCCOCCOCC(=O)NCCOCCOCC(=O)O)cn2)cc1. The van der Waals surface area contributed by atoms with Gasteiger partial charge in [-0.15, -0.1) is 0 Å². The second-order valence-electron chi connectivity index (χ2n) is 12.9. The predicted molar refractivity (Wildman–Crippen MR) is 188 cm³/mol. The van der Waals surface area contributed by atoms with E-state index >= 15 is 0 Å². The second kappa shape index (κ2) is 21.9. The van der Waals surface area contributed by atoms with Gasteiger partial charge in [0.15, 0.2) is 0 Å². The zero-order chi connectivity index (χ0) is 38.6. The van der Waals surface area contributed by atoms with Gasteiger partial charge in [0.05, 0.1) is 50.1 Å².